The average Bonchev–Trinajstić information content (AvgIpc) is 2.30. The minimum atomic E-state index is -1.09. The van der Waals surface area contributed by atoms with Crippen LogP contribution in [-0.2, 0) is 0 Å². The minimum Gasteiger partial charge on any atom is -0.478 e. The highest BCUT2D eigenvalue weighted by atomic mass is 16.4. The van der Waals surface area contributed by atoms with Gasteiger partial charge in [0.1, 0.15) is 11.6 Å². The zero-order chi connectivity index (χ0) is 12.0. The first-order valence-electron chi connectivity index (χ1n) is 4.25. The molecule has 5 nitrogen and oxygen atoms in total. The number of allylic oxidation sites excluding steroid dienone is 1. The third-order valence-electron chi connectivity index (χ3n) is 1.72. The quantitative estimate of drug-likeness (QED) is 0.591. The smallest absolute Gasteiger partial charge is 0.337 e. The number of para-hydroxylation sites is 1. The van der Waals surface area contributed by atoms with Gasteiger partial charge in [-0.05, 0) is 18.0 Å². The third-order valence-corrected chi connectivity index (χ3v) is 1.72. The maximum atomic E-state index is 10.8. The highest BCUT2D eigenvalue weighted by Crippen LogP contribution is 2.18. The van der Waals surface area contributed by atoms with Crippen molar-refractivity contribution in [1.29, 1.82) is 10.7 Å². The second-order valence-corrected chi connectivity index (χ2v) is 2.73. The number of nitriles is 1. The number of hydrogen-bond donors (Lipinski definition) is 2. The maximum absolute atomic E-state index is 10.8. The zero-order valence-corrected chi connectivity index (χ0v) is 8.14. The predicted octanol–water partition coefficient (Wildman–Crippen LogP) is 1.79. The molecule has 78 valence electrons. The molecule has 0 saturated carbocycles. The Kier molecular flexibility index (Phi) is 3.73. The van der Waals surface area contributed by atoms with Crippen LogP contribution in [0.4, 0.5) is 5.69 Å². The summed E-state index contributed by atoms with van der Waals surface area (Å²) in [6.45, 7) is 0. The van der Waals surface area contributed by atoms with E-state index in [9.17, 15) is 4.79 Å². The average molecular weight is 213 g/mol. The molecule has 0 saturated heterocycles. The normalized spacial score (nSPS) is 9.44. The molecule has 0 amide bonds. The van der Waals surface area contributed by atoms with Crippen LogP contribution in [0.5, 0.6) is 0 Å². The lowest BCUT2D eigenvalue weighted by atomic mass is 10.2. The lowest BCUT2D eigenvalue weighted by molar-refractivity contribution is 0.0698. The first-order chi connectivity index (χ1) is 7.69. The topological polar surface area (TPSA) is 97.3 Å². The van der Waals surface area contributed by atoms with E-state index in [0.717, 1.165) is 6.21 Å². The second kappa shape index (κ2) is 5.25. The Morgan fingerprint density at radius 2 is 2.19 bits per heavy atom. The number of carbonyl (C=O) groups is 1. The number of aromatic carboxylic acids is 1. The number of hydrogen-bond acceptors (Lipinski definition) is 4. The van der Waals surface area contributed by atoms with E-state index in [0.29, 0.717) is 0 Å². The Balaban J connectivity index is 3.12. The molecule has 2 N–H and O–H groups in total. The number of nitrogens with zero attached hydrogens (tertiary/aromatic N) is 2. The molecule has 0 unspecified atom stereocenters. The van der Waals surface area contributed by atoms with Crippen molar-refractivity contribution >= 4 is 23.7 Å². The molecule has 1 rings (SSSR count). The summed E-state index contributed by atoms with van der Waals surface area (Å²) < 4.78 is 0. The third kappa shape index (κ3) is 2.64. The van der Waals surface area contributed by atoms with E-state index in [2.05, 4.69) is 4.99 Å². The highest BCUT2D eigenvalue weighted by Gasteiger charge is 2.07. The van der Waals surface area contributed by atoms with Crippen LogP contribution in [-0.4, -0.2) is 23.2 Å². The van der Waals surface area contributed by atoms with Gasteiger partial charge in [0.15, 0.2) is 0 Å². The Morgan fingerprint density at radius 1 is 1.50 bits per heavy atom. The van der Waals surface area contributed by atoms with Crippen LogP contribution in [0.25, 0.3) is 0 Å². The van der Waals surface area contributed by atoms with Crippen LogP contribution in [0.3, 0.4) is 0 Å². The van der Waals surface area contributed by atoms with Crippen LogP contribution in [0.1, 0.15) is 10.4 Å². The molecular formula is C11H7N3O2. The van der Waals surface area contributed by atoms with Gasteiger partial charge in [0, 0.05) is 0 Å². The fourth-order valence-electron chi connectivity index (χ4n) is 0.990. The predicted molar refractivity (Wildman–Crippen MR) is 58.4 cm³/mol. The summed E-state index contributed by atoms with van der Waals surface area (Å²) in [5, 5.41) is 24.1. The summed E-state index contributed by atoms with van der Waals surface area (Å²) in [6, 6.07) is 7.84. The summed E-state index contributed by atoms with van der Waals surface area (Å²) in [4.78, 5) is 14.6. The first-order valence-corrected chi connectivity index (χ1v) is 4.25. The number of rotatable bonds is 3. The van der Waals surface area contributed by atoms with E-state index in [-0.39, 0.29) is 16.8 Å². The molecule has 1 aromatic carbocycles. The molecule has 0 radical (unpaired) electrons. The largest absolute Gasteiger partial charge is 0.478 e. The van der Waals surface area contributed by atoms with Crippen molar-refractivity contribution in [2.45, 2.75) is 0 Å². The van der Waals surface area contributed by atoms with Crippen LogP contribution < -0.4 is 0 Å². The van der Waals surface area contributed by atoms with Crippen molar-refractivity contribution in [3.05, 3.63) is 35.4 Å². The van der Waals surface area contributed by atoms with Crippen molar-refractivity contribution in [2.75, 3.05) is 0 Å². The Morgan fingerprint density at radius 3 is 2.75 bits per heavy atom. The van der Waals surface area contributed by atoms with Gasteiger partial charge in [0.05, 0.1) is 17.5 Å². The monoisotopic (exact) mass is 213 g/mol. The van der Waals surface area contributed by atoms with Gasteiger partial charge in [0.25, 0.3) is 0 Å². The van der Waals surface area contributed by atoms with E-state index < -0.39 is 5.97 Å². The molecule has 0 aliphatic carbocycles. The minimum absolute atomic E-state index is 0.0426. The van der Waals surface area contributed by atoms with Gasteiger partial charge < -0.3 is 5.11 Å². The summed E-state index contributed by atoms with van der Waals surface area (Å²) >= 11 is 0. The molecule has 5 heteroatoms. The van der Waals surface area contributed by atoms with Gasteiger partial charge >= 0.3 is 5.97 Å². The van der Waals surface area contributed by atoms with Crippen molar-refractivity contribution in [2.24, 2.45) is 4.99 Å². The fourth-order valence-corrected chi connectivity index (χ4v) is 0.990. The standard InChI is InChI=1S/C11H7N3O2/c12-5-8(6-13)7-14-10-4-2-1-3-9(10)11(15)16/h1-4,7,12H,(H,15,16). The molecule has 0 bridgehead atoms. The molecule has 0 spiro atoms. The van der Waals surface area contributed by atoms with Crippen molar-refractivity contribution in [3.63, 3.8) is 0 Å². The van der Waals surface area contributed by atoms with E-state index in [1.165, 1.54) is 12.1 Å². The fraction of sp³-hybridized carbons (Fsp3) is 0. The van der Waals surface area contributed by atoms with Crippen LogP contribution in [0, 0.1) is 16.7 Å². The van der Waals surface area contributed by atoms with Crippen LogP contribution in [0.15, 0.2) is 34.8 Å². The summed E-state index contributed by atoms with van der Waals surface area (Å²) in [6.07, 6.45) is 1.11. The van der Waals surface area contributed by atoms with Gasteiger partial charge in [-0.3, -0.25) is 10.4 Å². The number of carboxylic acid groups (broad SMARTS) is 1. The van der Waals surface area contributed by atoms with Gasteiger partial charge in [-0.15, -0.1) is 0 Å². The number of carboxylic acids is 1. The number of nitrogens with one attached hydrogen (secondary N) is 1. The molecule has 0 aliphatic heterocycles. The van der Waals surface area contributed by atoms with E-state index in [1.807, 2.05) is 5.87 Å². The SMILES string of the molecule is N#CC(=C=N)C=Nc1ccccc1C(=O)O. The summed E-state index contributed by atoms with van der Waals surface area (Å²) in [5.74, 6) is 0.787. The van der Waals surface area contributed by atoms with Crippen molar-refractivity contribution < 1.29 is 9.90 Å². The Labute approximate surface area is 91.5 Å². The molecular weight excluding hydrogens is 206 g/mol. The highest BCUT2D eigenvalue weighted by molar-refractivity contribution is 5.98. The van der Waals surface area contributed by atoms with Gasteiger partial charge in [0.2, 0.25) is 0 Å². The number of aliphatic imine (C=N–C) groups is 1. The Hall–Kier alpha value is -2.70. The van der Waals surface area contributed by atoms with E-state index in [1.54, 1.807) is 18.2 Å². The van der Waals surface area contributed by atoms with E-state index >= 15 is 0 Å². The second-order valence-electron chi connectivity index (χ2n) is 2.73. The summed E-state index contributed by atoms with van der Waals surface area (Å²) in [5.41, 5.74) is 0.208. The van der Waals surface area contributed by atoms with Gasteiger partial charge in [-0.1, -0.05) is 12.1 Å². The van der Waals surface area contributed by atoms with E-state index in [4.69, 9.17) is 15.8 Å². The molecule has 0 aliphatic rings. The van der Waals surface area contributed by atoms with Gasteiger partial charge in [-0.2, -0.15) is 5.26 Å². The van der Waals surface area contributed by atoms with Crippen LogP contribution >= 0.6 is 0 Å². The van der Waals surface area contributed by atoms with Gasteiger partial charge in [-0.25, -0.2) is 4.79 Å². The summed E-state index contributed by atoms with van der Waals surface area (Å²) in [7, 11) is 0. The molecule has 0 atom stereocenters. The lowest BCUT2D eigenvalue weighted by Gasteiger charge is -1.98. The Bertz CT molecular complexity index is 534. The molecule has 0 heterocycles. The van der Waals surface area contributed by atoms with Crippen LogP contribution in [0.2, 0.25) is 0 Å². The maximum Gasteiger partial charge on any atom is 0.337 e. The molecule has 1 aromatic rings. The van der Waals surface area contributed by atoms with Crippen molar-refractivity contribution in [1.82, 2.24) is 0 Å². The zero-order valence-electron chi connectivity index (χ0n) is 8.14. The number of benzene rings is 1. The lowest BCUT2D eigenvalue weighted by Crippen LogP contribution is -1.96. The molecule has 0 aromatic heterocycles. The molecule has 0 fully saturated rings. The van der Waals surface area contributed by atoms with Crippen molar-refractivity contribution in [3.8, 4) is 6.07 Å². The molecule has 16 heavy (non-hydrogen) atoms. The first kappa shape index (κ1) is 11.4.